The first kappa shape index (κ1) is 17.0. The monoisotopic (exact) mass is 373 g/mol. The number of carbonyl (C=O) groups is 1. The third kappa shape index (κ3) is 3.18. The summed E-state index contributed by atoms with van der Waals surface area (Å²) < 4.78 is 3.00. The largest absolute Gasteiger partial charge is 0.354 e. The number of thioether (sulfide) groups is 1. The van der Waals surface area contributed by atoms with E-state index in [4.69, 9.17) is 0 Å². The Hall–Kier alpha value is -2.42. The van der Waals surface area contributed by atoms with E-state index in [1.807, 2.05) is 0 Å². The summed E-state index contributed by atoms with van der Waals surface area (Å²) in [7, 11) is 0. The molecule has 3 heterocycles. The molecule has 0 saturated heterocycles. The average molecular weight is 373 g/mol. The quantitative estimate of drug-likeness (QED) is 0.749. The van der Waals surface area contributed by atoms with Crippen LogP contribution in [0.3, 0.4) is 0 Å². The van der Waals surface area contributed by atoms with Gasteiger partial charge in [-0.3, -0.25) is 19.0 Å². The molecule has 2 aromatic rings. The fourth-order valence-corrected chi connectivity index (χ4v) is 4.60. The van der Waals surface area contributed by atoms with E-state index in [0.29, 0.717) is 18.8 Å². The Kier molecular flexibility index (Phi) is 4.62. The summed E-state index contributed by atoms with van der Waals surface area (Å²) in [6.07, 6.45) is 4.40. The Morgan fingerprint density at radius 1 is 1.35 bits per heavy atom. The van der Waals surface area contributed by atoms with E-state index in [1.54, 1.807) is 10.6 Å². The van der Waals surface area contributed by atoms with Crippen LogP contribution in [0, 0.1) is 0 Å². The second-order valence-electron chi connectivity index (χ2n) is 6.45. The lowest BCUT2D eigenvalue weighted by molar-refractivity contribution is -0.121. The third-order valence-electron chi connectivity index (χ3n) is 4.72. The molecule has 0 spiro atoms. The molecule has 1 aliphatic carbocycles. The molecule has 0 aromatic carbocycles. The molecule has 1 atom stereocenters. The van der Waals surface area contributed by atoms with E-state index < -0.39 is 0 Å². The van der Waals surface area contributed by atoms with Gasteiger partial charge in [0, 0.05) is 36.5 Å². The summed E-state index contributed by atoms with van der Waals surface area (Å²) in [6.45, 7) is 0.635. The molecule has 0 bridgehead atoms. The number of nitrogens with zero attached hydrogens (tertiary/aromatic N) is 4. The second-order valence-corrected chi connectivity index (χ2v) is 7.44. The van der Waals surface area contributed by atoms with E-state index in [9.17, 15) is 14.4 Å². The molecular weight excluding hydrogens is 354 g/mol. The summed E-state index contributed by atoms with van der Waals surface area (Å²) in [5.74, 6) is 0.540. The van der Waals surface area contributed by atoms with Gasteiger partial charge in [0.25, 0.3) is 11.1 Å². The van der Waals surface area contributed by atoms with Gasteiger partial charge in [-0.25, -0.2) is 9.67 Å². The van der Waals surface area contributed by atoms with Crippen LogP contribution < -0.4 is 16.4 Å². The van der Waals surface area contributed by atoms with Crippen molar-refractivity contribution in [3.8, 4) is 0 Å². The molecule has 26 heavy (non-hydrogen) atoms. The number of carbonyl (C=O) groups excluding carboxylic acids is 1. The zero-order chi connectivity index (χ0) is 18.1. The highest BCUT2D eigenvalue weighted by Crippen LogP contribution is 2.33. The van der Waals surface area contributed by atoms with Crippen molar-refractivity contribution in [3.05, 3.63) is 50.3 Å². The number of aryl methyl sites for hydroxylation is 1. The molecule has 1 aliphatic heterocycles. The fourth-order valence-electron chi connectivity index (χ4n) is 3.45. The highest BCUT2D eigenvalue weighted by Gasteiger charge is 2.30. The van der Waals surface area contributed by atoms with Crippen molar-refractivity contribution in [1.82, 2.24) is 24.6 Å². The van der Waals surface area contributed by atoms with Crippen molar-refractivity contribution < 1.29 is 4.79 Å². The molecule has 0 saturated carbocycles. The maximum Gasteiger partial charge on any atom is 0.266 e. The minimum atomic E-state index is -0.200. The number of nitrogens with one attached hydrogen (secondary N) is 1. The van der Waals surface area contributed by atoms with Gasteiger partial charge in [0.05, 0.1) is 18.3 Å². The van der Waals surface area contributed by atoms with Crippen LogP contribution in [0.25, 0.3) is 0 Å². The number of fused-ring (bicyclic) bond motifs is 2. The van der Waals surface area contributed by atoms with Gasteiger partial charge in [-0.2, -0.15) is 5.10 Å². The molecule has 2 aromatic heterocycles. The lowest BCUT2D eigenvalue weighted by Gasteiger charge is -2.14. The Balaban J connectivity index is 1.39. The molecule has 0 radical (unpaired) electrons. The van der Waals surface area contributed by atoms with Gasteiger partial charge in [-0.05, 0) is 25.3 Å². The van der Waals surface area contributed by atoms with E-state index in [-0.39, 0.29) is 29.5 Å². The lowest BCUT2D eigenvalue weighted by atomic mass is 10.2. The molecular formula is C17H19N5O3S. The van der Waals surface area contributed by atoms with Crippen LogP contribution >= 0.6 is 11.8 Å². The third-order valence-corrected chi connectivity index (χ3v) is 5.82. The lowest BCUT2D eigenvalue weighted by Crippen LogP contribution is -2.34. The Morgan fingerprint density at radius 3 is 3.08 bits per heavy atom. The van der Waals surface area contributed by atoms with Gasteiger partial charge in [-0.15, -0.1) is 0 Å². The average Bonchev–Trinajstić information content (AvgIpc) is 3.24. The second kappa shape index (κ2) is 7.06. The van der Waals surface area contributed by atoms with Crippen LogP contribution in [0.5, 0.6) is 0 Å². The van der Waals surface area contributed by atoms with Gasteiger partial charge < -0.3 is 5.32 Å². The maximum absolute atomic E-state index is 12.7. The first-order chi connectivity index (χ1) is 12.6. The molecule has 9 heteroatoms. The topological polar surface area (TPSA) is 98.9 Å². The molecule has 1 amide bonds. The number of hydrogen-bond acceptors (Lipinski definition) is 6. The number of amides is 1. The van der Waals surface area contributed by atoms with Gasteiger partial charge in [-0.1, -0.05) is 11.8 Å². The standard InChI is InChI=1S/C17H19N5O3S/c23-14(18-7-8-21-15(24)5-2-6-19-21)9-11-10-26-17-20-13-4-1-3-12(13)16(25)22(11)17/h2,5-6,11H,1,3-4,7-10H2,(H,18,23). The summed E-state index contributed by atoms with van der Waals surface area (Å²) in [4.78, 5) is 41.2. The molecule has 0 fully saturated rings. The molecule has 4 rings (SSSR count). The molecule has 1 unspecified atom stereocenters. The highest BCUT2D eigenvalue weighted by molar-refractivity contribution is 7.99. The van der Waals surface area contributed by atoms with Crippen molar-refractivity contribution in [2.24, 2.45) is 0 Å². The minimum absolute atomic E-state index is 0.0188. The van der Waals surface area contributed by atoms with E-state index in [1.165, 1.54) is 28.7 Å². The van der Waals surface area contributed by atoms with Crippen molar-refractivity contribution in [2.45, 2.75) is 43.4 Å². The van der Waals surface area contributed by atoms with Gasteiger partial charge in [0.2, 0.25) is 5.91 Å². The zero-order valence-electron chi connectivity index (χ0n) is 14.2. The normalized spacial score (nSPS) is 17.8. The Morgan fingerprint density at radius 2 is 2.23 bits per heavy atom. The molecule has 2 aliphatic rings. The summed E-state index contributed by atoms with van der Waals surface area (Å²) in [5.41, 5.74) is 1.57. The van der Waals surface area contributed by atoms with Crippen molar-refractivity contribution in [3.63, 3.8) is 0 Å². The summed E-state index contributed by atoms with van der Waals surface area (Å²) in [6, 6.07) is 2.84. The summed E-state index contributed by atoms with van der Waals surface area (Å²) >= 11 is 1.54. The van der Waals surface area contributed by atoms with Crippen LogP contribution in [0.15, 0.2) is 33.1 Å². The van der Waals surface area contributed by atoms with Crippen LogP contribution in [0.4, 0.5) is 0 Å². The highest BCUT2D eigenvalue weighted by atomic mass is 32.2. The van der Waals surface area contributed by atoms with Crippen molar-refractivity contribution in [1.29, 1.82) is 0 Å². The number of aromatic nitrogens is 4. The zero-order valence-corrected chi connectivity index (χ0v) is 15.0. The Labute approximate surface area is 153 Å². The van der Waals surface area contributed by atoms with E-state index >= 15 is 0 Å². The van der Waals surface area contributed by atoms with Gasteiger partial charge in [0.1, 0.15) is 0 Å². The maximum atomic E-state index is 12.7. The first-order valence-electron chi connectivity index (χ1n) is 8.69. The van der Waals surface area contributed by atoms with E-state index in [0.717, 1.165) is 35.7 Å². The first-order valence-corrected chi connectivity index (χ1v) is 9.68. The van der Waals surface area contributed by atoms with Crippen LogP contribution in [0.2, 0.25) is 0 Å². The number of hydrogen-bond donors (Lipinski definition) is 1. The van der Waals surface area contributed by atoms with Crippen LogP contribution in [0.1, 0.15) is 30.1 Å². The van der Waals surface area contributed by atoms with Crippen molar-refractivity contribution >= 4 is 17.7 Å². The SMILES string of the molecule is O=C(CC1CSc2nc3c(c(=O)n21)CCC3)NCCn1ncccc1=O. The van der Waals surface area contributed by atoms with Crippen LogP contribution in [-0.4, -0.2) is 37.5 Å². The number of rotatable bonds is 5. The molecule has 1 N–H and O–H groups in total. The van der Waals surface area contributed by atoms with Gasteiger partial charge in [0.15, 0.2) is 5.16 Å². The van der Waals surface area contributed by atoms with Crippen LogP contribution in [-0.2, 0) is 24.2 Å². The molecule has 8 nitrogen and oxygen atoms in total. The smallest absolute Gasteiger partial charge is 0.266 e. The molecule has 136 valence electrons. The fraction of sp³-hybridized carbons (Fsp3) is 0.471. The minimum Gasteiger partial charge on any atom is -0.354 e. The van der Waals surface area contributed by atoms with Gasteiger partial charge >= 0.3 is 0 Å². The van der Waals surface area contributed by atoms with E-state index in [2.05, 4.69) is 15.4 Å². The van der Waals surface area contributed by atoms with Crippen molar-refractivity contribution in [2.75, 3.05) is 12.3 Å². The predicted molar refractivity (Wildman–Crippen MR) is 96.4 cm³/mol. The summed E-state index contributed by atoms with van der Waals surface area (Å²) in [5, 5.41) is 7.48. The predicted octanol–water partition coefficient (Wildman–Crippen LogP) is 0.142. The Bertz CT molecular complexity index is 968.